The highest BCUT2D eigenvalue weighted by Crippen LogP contribution is 2.23. The summed E-state index contributed by atoms with van der Waals surface area (Å²) < 4.78 is 7.22. The zero-order valence-corrected chi connectivity index (χ0v) is 60.9. The van der Waals surface area contributed by atoms with Gasteiger partial charge in [-0.25, -0.2) is 15.0 Å². The number of aryl methyl sites for hydroxylation is 3. The predicted molar refractivity (Wildman–Crippen MR) is 412 cm³/mol. The first-order valence-corrected chi connectivity index (χ1v) is 40.3. The number of benzene rings is 3. The Morgan fingerprint density at radius 3 is 0.670 bits per heavy atom. The molecule has 3 aromatic carbocycles. The minimum Gasteiger partial charge on any atom is -0.323 e. The van der Waals surface area contributed by atoms with Crippen LogP contribution >= 0.6 is 0 Å². The molecule has 0 aliphatic carbocycles. The second-order valence-electron chi connectivity index (χ2n) is 28.2. The van der Waals surface area contributed by atoms with Crippen molar-refractivity contribution in [1.82, 2.24) is 33.6 Å². The van der Waals surface area contributed by atoms with Gasteiger partial charge >= 0.3 is 0 Å². The molecule has 524 valence electrons. The van der Waals surface area contributed by atoms with Crippen molar-refractivity contribution in [3.63, 3.8) is 0 Å². The molecule has 0 amide bonds. The van der Waals surface area contributed by atoms with Crippen molar-refractivity contribution in [2.24, 2.45) is 15.0 Å². The first-order chi connectivity index (χ1) is 46.7. The Kier molecular flexibility index (Phi) is 44.1. The van der Waals surface area contributed by atoms with E-state index in [1.807, 2.05) is 18.6 Å². The smallest absolute Gasteiger partial charge is 0.151 e. The van der Waals surface area contributed by atoms with E-state index < -0.39 is 0 Å². The number of aromatic nitrogens is 6. The number of hydrogen-bond donors (Lipinski definition) is 0. The molecule has 6 rings (SSSR count). The second kappa shape index (κ2) is 53.1. The maximum absolute atomic E-state index is 5.11. The fourth-order valence-corrected chi connectivity index (χ4v) is 14.1. The van der Waals surface area contributed by atoms with Crippen LogP contribution in [0.3, 0.4) is 0 Å². The summed E-state index contributed by atoms with van der Waals surface area (Å²) in [5.41, 5.74) is 6.78. The van der Waals surface area contributed by atoms with E-state index in [0.717, 1.165) is 73.3 Å². The summed E-state index contributed by atoms with van der Waals surface area (Å²) >= 11 is 0. The molecule has 0 unspecified atom stereocenters. The lowest BCUT2D eigenvalue weighted by molar-refractivity contribution is 0.298. The van der Waals surface area contributed by atoms with Gasteiger partial charge < -0.3 is 13.7 Å². The molecule has 0 aliphatic rings. The number of para-hydroxylation sites is 6. The lowest BCUT2D eigenvalue weighted by Crippen LogP contribution is -2.31. The zero-order valence-electron chi connectivity index (χ0n) is 60.9. The number of unbranched alkanes of at least 4 members (excludes halogenated alkanes) is 45. The van der Waals surface area contributed by atoms with Crippen LogP contribution in [0.25, 0.3) is 33.1 Å². The highest BCUT2D eigenvalue weighted by Gasteiger charge is 2.13. The minimum absolute atomic E-state index is 0.680. The fourth-order valence-electron chi connectivity index (χ4n) is 14.1. The molecule has 0 aliphatic heterocycles. The summed E-state index contributed by atoms with van der Waals surface area (Å²) in [6, 6.07) is 25.9. The Morgan fingerprint density at radius 1 is 0.266 bits per heavy atom. The summed E-state index contributed by atoms with van der Waals surface area (Å²) in [6.45, 7) is 14.3. The van der Waals surface area contributed by atoms with Crippen molar-refractivity contribution in [1.29, 1.82) is 0 Å². The normalized spacial score (nSPS) is 12.3. The van der Waals surface area contributed by atoms with E-state index in [1.54, 1.807) is 0 Å². The van der Waals surface area contributed by atoms with Gasteiger partial charge in [-0.2, -0.15) is 0 Å². The molecule has 94 heavy (non-hydrogen) atoms. The molecule has 10 nitrogen and oxygen atoms in total. The molecule has 0 fully saturated rings. The number of rotatable bonds is 63. The molecular weight excluding hydrogens is 1150 g/mol. The number of fused-ring (bicyclic) bond motifs is 3. The van der Waals surface area contributed by atoms with Gasteiger partial charge in [-0.05, 0) is 55.7 Å². The molecule has 0 N–H and O–H groups in total. The summed E-state index contributed by atoms with van der Waals surface area (Å²) in [4.78, 5) is 33.1. The molecule has 0 atom stereocenters. The SMILES string of the molecule is CCCCCCCCCCCCCCCCCCn1c(C=NCCN(CCN=Cc2nc3ccccc3n2CCCCCCCCCCCCCCCCCC)CCN=Cc2nc3ccccc3n2CCCCCCCCCCCCCCCCCC)nc2ccccc21. The van der Waals surface area contributed by atoms with Crippen molar-refractivity contribution < 1.29 is 0 Å². The average Bonchev–Trinajstić information content (AvgIpc) is 1.69. The third-order valence-electron chi connectivity index (χ3n) is 20.0. The first kappa shape index (κ1) is 78.0. The Bertz CT molecular complexity index is 2540. The Balaban J connectivity index is 0.987. The maximum Gasteiger partial charge on any atom is 0.151 e. The van der Waals surface area contributed by atoms with E-state index in [9.17, 15) is 0 Å². The van der Waals surface area contributed by atoms with E-state index in [4.69, 9.17) is 29.9 Å². The van der Waals surface area contributed by atoms with Crippen LogP contribution in [0.1, 0.15) is 346 Å². The largest absolute Gasteiger partial charge is 0.323 e. The van der Waals surface area contributed by atoms with E-state index in [1.165, 1.54) is 325 Å². The summed E-state index contributed by atoms with van der Waals surface area (Å²) in [7, 11) is 0. The van der Waals surface area contributed by atoms with Crippen LogP contribution in [0.4, 0.5) is 0 Å². The van der Waals surface area contributed by atoms with Crippen LogP contribution in [-0.4, -0.2) is 91.5 Å². The average molecular weight is 1290 g/mol. The molecule has 0 spiro atoms. The van der Waals surface area contributed by atoms with Crippen LogP contribution in [0.2, 0.25) is 0 Å². The van der Waals surface area contributed by atoms with E-state index in [-0.39, 0.29) is 0 Å². The summed E-state index contributed by atoms with van der Waals surface area (Å²) in [5, 5.41) is 0. The van der Waals surface area contributed by atoms with Crippen LogP contribution < -0.4 is 0 Å². The lowest BCUT2D eigenvalue weighted by Gasteiger charge is -2.19. The van der Waals surface area contributed by atoms with E-state index >= 15 is 0 Å². The van der Waals surface area contributed by atoms with Gasteiger partial charge in [-0.3, -0.25) is 19.9 Å². The zero-order chi connectivity index (χ0) is 65.7. The van der Waals surface area contributed by atoms with Gasteiger partial charge in [0.15, 0.2) is 17.5 Å². The van der Waals surface area contributed by atoms with Crippen molar-refractivity contribution in [3.8, 4) is 0 Å². The van der Waals surface area contributed by atoms with Crippen LogP contribution in [-0.2, 0) is 19.6 Å². The number of imidazole rings is 3. The van der Waals surface area contributed by atoms with Gasteiger partial charge in [0.25, 0.3) is 0 Å². The molecule has 0 bridgehead atoms. The fraction of sp³-hybridized carbons (Fsp3) is 0.714. The lowest BCUT2D eigenvalue weighted by atomic mass is 10.0. The second-order valence-corrected chi connectivity index (χ2v) is 28.2. The molecular formula is C84H138N10. The highest BCUT2D eigenvalue weighted by atomic mass is 15.2. The molecule has 6 aromatic rings. The van der Waals surface area contributed by atoms with Crippen molar-refractivity contribution in [2.75, 3.05) is 39.3 Å². The van der Waals surface area contributed by atoms with Crippen LogP contribution in [0.15, 0.2) is 87.8 Å². The molecule has 0 saturated heterocycles. The minimum atomic E-state index is 0.680. The van der Waals surface area contributed by atoms with Crippen LogP contribution in [0.5, 0.6) is 0 Å². The molecule has 10 heteroatoms. The third kappa shape index (κ3) is 33.3. The molecule has 3 aromatic heterocycles. The van der Waals surface area contributed by atoms with Gasteiger partial charge in [0.05, 0.1) is 71.4 Å². The van der Waals surface area contributed by atoms with Crippen molar-refractivity contribution in [2.45, 2.75) is 349 Å². The van der Waals surface area contributed by atoms with Crippen LogP contribution in [0, 0.1) is 0 Å². The Hall–Kier alpha value is -4.96. The van der Waals surface area contributed by atoms with Gasteiger partial charge in [-0.15, -0.1) is 0 Å². The first-order valence-electron chi connectivity index (χ1n) is 40.3. The predicted octanol–water partition coefficient (Wildman–Crippen LogP) is 24.5. The Labute approximate surface area is 575 Å². The summed E-state index contributed by atoms with van der Waals surface area (Å²) in [5.74, 6) is 2.90. The van der Waals surface area contributed by atoms with E-state index in [2.05, 4.69) is 112 Å². The molecule has 0 radical (unpaired) electrons. The van der Waals surface area contributed by atoms with Gasteiger partial charge in [0.2, 0.25) is 0 Å². The number of hydrogen-bond acceptors (Lipinski definition) is 7. The standard InChI is InChI=1S/C84H138N10/c1-4-7-10-13-16-19-22-25-28-31-34-37-40-43-46-55-67-92-79-61-52-49-58-76(79)88-82(92)73-85-64-70-91(71-65-86-74-83-89-77-59-50-53-62-80(77)93(83)68-56-47-44-41-38-35-32-29-26-23-20-17-14-11-8-5-2)72-66-87-75-84-90-78-60-51-54-63-81(78)94(84)69-57-48-45-42-39-36-33-30-27-24-21-18-15-12-9-6-3/h49-54,58-63,73-75H,4-48,55-57,64-72H2,1-3H3. The van der Waals surface area contributed by atoms with Gasteiger partial charge in [0, 0.05) is 39.3 Å². The van der Waals surface area contributed by atoms with E-state index in [0.29, 0.717) is 19.6 Å². The molecule has 3 heterocycles. The maximum atomic E-state index is 5.11. The molecule has 0 saturated carbocycles. The third-order valence-corrected chi connectivity index (χ3v) is 20.0. The quantitative estimate of drug-likeness (QED) is 0.0281. The summed E-state index contributed by atoms with van der Waals surface area (Å²) in [6.07, 6.45) is 72.3. The highest BCUT2D eigenvalue weighted by molar-refractivity contribution is 5.86. The topological polar surface area (TPSA) is 93.8 Å². The van der Waals surface area contributed by atoms with Crippen molar-refractivity contribution >= 4 is 51.7 Å². The van der Waals surface area contributed by atoms with Gasteiger partial charge in [-0.1, -0.05) is 346 Å². The monoisotopic (exact) mass is 1290 g/mol. The number of nitrogens with zero attached hydrogens (tertiary/aromatic N) is 10. The Morgan fingerprint density at radius 2 is 0.457 bits per heavy atom. The van der Waals surface area contributed by atoms with Gasteiger partial charge in [0.1, 0.15) is 0 Å². The number of aliphatic imine (C=N–C) groups is 3. The van der Waals surface area contributed by atoms with Crippen molar-refractivity contribution in [3.05, 3.63) is 90.3 Å².